The van der Waals surface area contributed by atoms with Gasteiger partial charge in [-0.1, -0.05) is 0 Å². The lowest BCUT2D eigenvalue weighted by Gasteiger charge is -2.42. The number of likely N-dealkylation sites (tertiary alicyclic amines) is 1. The van der Waals surface area contributed by atoms with Crippen LogP contribution in [0.2, 0.25) is 0 Å². The summed E-state index contributed by atoms with van der Waals surface area (Å²) in [6.45, 7) is 7.59. The predicted molar refractivity (Wildman–Crippen MR) is 64.6 cm³/mol. The maximum atomic E-state index is 10.9. The van der Waals surface area contributed by atoms with Gasteiger partial charge in [0.25, 0.3) is 0 Å². The van der Waals surface area contributed by atoms with Crippen molar-refractivity contribution in [3.63, 3.8) is 0 Å². The summed E-state index contributed by atoms with van der Waals surface area (Å²) in [7, 11) is 2.14. The molecule has 0 aromatic carbocycles. The van der Waals surface area contributed by atoms with E-state index < -0.39 is 5.97 Å². The first-order chi connectivity index (χ1) is 7.41. The Kier molecular flexibility index (Phi) is 4.74. The van der Waals surface area contributed by atoms with Gasteiger partial charge in [0, 0.05) is 18.1 Å². The standard InChI is InChI=1S/C12H24N2O2/c1-9(2)14(8-12(15)16)11-5-6-13(4)10(3)7-11/h9-11H,5-8H2,1-4H3,(H,15,16). The average molecular weight is 228 g/mol. The Morgan fingerprint density at radius 1 is 1.56 bits per heavy atom. The summed E-state index contributed by atoms with van der Waals surface area (Å²) in [5.74, 6) is -0.722. The molecule has 1 saturated heterocycles. The van der Waals surface area contributed by atoms with Crippen molar-refractivity contribution in [2.24, 2.45) is 0 Å². The molecule has 4 nitrogen and oxygen atoms in total. The molecule has 0 aromatic heterocycles. The zero-order valence-corrected chi connectivity index (χ0v) is 10.8. The molecule has 2 atom stereocenters. The van der Waals surface area contributed by atoms with Crippen molar-refractivity contribution in [1.29, 1.82) is 0 Å². The van der Waals surface area contributed by atoms with Crippen LogP contribution in [0, 0.1) is 0 Å². The van der Waals surface area contributed by atoms with Crippen LogP contribution < -0.4 is 0 Å². The third kappa shape index (κ3) is 3.46. The average Bonchev–Trinajstić information content (AvgIpc) is 2.18. The molecule has 0 radical (unpaired) electrons. The van der Waals surface area contributed by atoms with Gasteiger partial charge in [0.2, 0.25) is 0 Å². The van der Waals surface area contributed by atoms with Gasteiger partial charge in [0.15, 0.2) is 0 Å². The summed E-state index contributed by atoms with van der Waals surface area (Å²) in [6.07, 6.45) is 2.15. The summed E-state index contributed by atoms with van der Waals surface area (Å²) >= 11 is 0. The number of piperidine rings is 1. The van der Waals surface area contributed by atoms with Crippen LogP contribution in [0.1, 0.15) is 33.6 Å². The maximum absolute atomic E-state index is 10.9. The lowest BCUT2D eigenvalue weighted by Crippen LogP contribution is -2.51. The Morgan fingerprint density at radius 2 is 2.19 bits per heavy atom. The first-order valence-corrected chi connectivity index (χ1v) is 6.09. The van der Waals surface area contributed by atoms with Gasteiger partial charge >= 0.3 is 5.97 Å². The molecule has 16 heavy (non-hydrogen) atoms. The van der Waals surface area contributed by atoms with E-state index >= 15 is 0 Å². The molecule has 1 heterocycles. The number of hydrogen-bond acceptors (Lipinski definition) is 3. The molecule has 0 bridgehead atoms. The second-order valence-electron chi connectivity index (χ2n) is 5.17. The van der Waals surface area contributed by atoms with Crippen LogP contribution in [0.15, 0.2) is 0 Å². The lowest BCUT2D eigenvalue weighted by molar-refractivity contribution is -0.140. The molecule has 1 aliphatic heterocycles. The Hall–Kier alpha value is -0.610. The number of carboxylic acid groups (broad SMARTS) is 1. The fourth-order valence-electron chi connectivity index (χ4n) is 2.46. The molecule has 0 aliphatic carbocycles. The van der Waals surface area contributed by atoms with Gasteiger partial charge in [0.1, 0.15) is 0 Å². The van der Waals surface area contributed by atoms with Crippen LogP contribution >= 0.6 is 0 Å². The van der Waals surface area contributed by atoms with Crippen LogP contribution in [0.4, 0.5) is 0 Å². The first kappa shape index (κ1) is 13.5. The number of carbonyl (C=O) groups is 1. The number of hydrogen-bond donors (Lipinski definition) is 1. The molecule has 0 aromatic rings. The summed E-state index contributed by atoms with van der Waals surface area (Å²) in [6, 6.07) is 1.27. The van der Waals surface area contributed by atoms with Crippen molar-refractivity contribution in [1.82, 2.24) is 9.80 Å². The minimum absolute atomic E-state index is 0.165. The zero-order chi connectivity index (χ0) is 12.3. The molecule has 0 spiro atoms. The van der Waals surface area contributed by atoms with E-state index in [1.807, 2.05) is 0 Å². The molecule has 0 saturated carbocycles. The van der Waals surface area contributed by atoms with Crippen LogP contribution in [0.5, 0.6) is 0 Å². The van der Waals surface area contributed by atoms with Crippen molar-refractivity contribution in [2.75, 3.05) is 20.1 Å². The number of rotatable bonds is 4. The summed E-state index contributed by atoms with van der Waals surface area (Å²) < 4.78 is 0. The monoisotopic (exact) mass is 228 g/mol. The Morgan fingerprint density at radius 3 is 2.62 bits per heavy atom. The van der Waals surface area contributed by atoms with Crippen molar-refractivity contribution in [2.45, 2.75) is 51.7 Å². The molecule has 1 rings (SSSR count). The van der Waals surface area contributed by atoms with Crippen LogP contribution in [-0.2, 0) is 4.79 Å². The fourth-order valence-corrected chi connectivity index (χ4v) is 2.46. The van der Waals surface area contributed by atoms with Gasteiger partial charge in [-0.05, 0) is 47.2 Å². The van der Waals surface area contributed by atoms with Crippen LogP contribution in [0.25, 0.3) is 0 Å². The lowest BCUT2D eigenvalue weighted by atomic mass is 9.96. The Balaban J connectivity index is 2.61. The van der Waals surface area contributed by atoms with E-state index in [0.717, 1.165) is 19.4 Å². The summed E-state index contributed by atoms with van der Waals surface area (Å²) in [4.78, 5) is 15.3. The number of nitrogens with zero attached hydrogens (tertiary/aromatic N) is 2. The van der Waals surface area contributed by atoms with E-state index in [9.17, 15) is 4.79 Å². The van der Waals surface area contributed by atoms with E-state index in [-0.39, 0.29) is 6.54 Å². The van der Waals surface area contributed by atoms with E-state index in [1.54, 1.807) is 0 Å². The van der Waals surface area contributed by atoms with Crippen molar-refractivity contribution in [3.05, 3.63) is 0 Å². The predicted octanol–water partition coefficient (Wildman–Crippen LogP) is 1.26. The van der Waals surface area contributed by atoms with Crippen LogP contribution in [-0.4, -0.2) is 59.1 Å². The maximum Gasteiger partial charge on any atom is 0.317 e. The van der Waals surface area contributed by atoms with Gasteiger partial charge in [-0.15, -0.1) is 0 Å². The molecule has 0 amide bonds. The molecule has 2 unspecified atom stereocenters. The smallest absolute Gasteiger partial charge is 0.317 e. The van der Waals surface area contributed by atoms with Crippen molar-refractivity contribution < 1.29 is 9.90 Å². The van der Waals surface area contributed by atoms with E-state index in [0.29, 0.717) is 18.1 Å². The number of carboxylic acids is 1. The summed E-state index contributed by atoms with van der Waals surface area (Å²) in [5, 5.41) is 8.93. The SMILES string of the molecule is CC1CC(N(CC(=O)O)C(C)C)CCN1C. The third-order valence-electron chi connectivity index (χ3n) is 3.63. The van der Waals surface area contributed by atoms with Crippen LogP contribution in [0.3, 0.4) is 0 Å². The molecular weight excluding hydrogens is 204 g/mol. The highest BCUT2D eigenvalue weighted by atomic mass is 16.4. The Labute approximate surface area is 98.2 Å². The van der Waals surface area contributed by atoms with Crippen molar-refractivity contribution >= 4 is 5.97 Å². The van der Waals surface area contributed by atoms with Gasteiger partial charge in [-0.2, -0.15) is 0 Å². The molecule has 1 aliphatic rings. The van der Waals surface area contributed by atoms with Gasteiger partial charge in [0.05, 0.1) is 6.54 Å². The molecule has 4 heteroatoms. The largest absolute Gasteiger partial charge is 0.480 e. The Bertz CT molecular complexity index is 243. The second-order valence-corrected chi connectivity index (χ2v) is 5.17. The highest BCUT2D eigenvalue weighted by Gasteiger charge is 2.29. The van der Waals surface area contributed by atoms with Crippen molar-refractivity contribution in [3.8, 4) is 0 Å². The fraction of sp³-hybridized carbons (Fsp3) is 0.917. The van der Waals surface area contributed by atoms with E-state index in [4.69, 9.17) is 5.11 Å². The van der Waals surface area contributed by atoms with Gasteiger partial charge in [-0.25, -0.2) is 0 Å². The van der Waals surface area contributed by atoms with Gasteiger partial charge < -0.3 is 10.0 Å². The van der Waals surface area contributed by atoms with E-state index in [2.05, 4.69) is 37.6 Å². The molecular formula is C12H24N2O2. The first-order valence-electron chi connectivity index (χ1n) is 6.09. The minimum atomic E-state index is -0.722. The molecule has 94 valence electrons. The summed E-state index contributed by atoms with van der Waals surface area (Å²) in [5.41, 5.74) is 0. The highest BCUT2D eigenvalue weighted by molar-refractivity contribution is 5.69. The van der Waals surface area contributed by atoms with E-state index in [1.165, 1.54) is 0 Å². The topological polar surface area (TPSA) is 43.8 Å². The third-order valence-corrected chi connectivity index (χ3v) is 3.63. The number of aliphatic carboxylic acids is 1. The second kappa shape index (κ2) is 5.64. The van der Waals surface area contributed by atoms with Gasteiger partial charge in [-0.3, -0.25) is 9.69 Å². The molecule has 1 fully saturated rings. The minimum Gasteiger partial charge on any atom is -0.480 e. The quantitative estimate of drug-likeness (QED) is 0.787. The highest BCUT2D eigenvalue weighted by Crippen LogP contribution is 2.22. The zero-order valence-electron chi connectivity index (χ0n) is 10.8. The normalized spacial score (nSPS) is 27.6. The molecule has 1 N–H and O–H groups in total.